The number of alkyl halides is 1. The summed E-state index contributed by atoms with van der Waals surface area (Å²) in [5, 5.41) is 7.97. The van der Waals surface area contributed by atoms with Crippen molar-refractivity contribution >= 4 is 11.6 Å². The fourth-order valence-corrected chi connectivity index (χ4v) is 2.88. The monoisotopic (exact) mass is 241 g/mol. The molecule has 1 heterocycles. The maximum Gasteiger partial charge on any atom is 0.0597 e. The van der Waals surface area contributed by atoms with E-state index in [1.807, 2.05) is 18.7 Å². The Kier molecular flexibility index (Phi) is 3.55. The Bertz CT molecular complexity index is 353. The van der Waals surface area contributed by atoms with Crippen LogP contribution in [0.3, 0.4) is 0 Å². The number of aromatic nitrogens is 2. The highest BCUT2D eigenvalue weighted by Crippen LogP contribution is 2.30. The van der Waals surface area contributed by atoms with E-state index < -0.39 is 0 Å². The van der Waals surface area contributed by atoms with Gasteiger partial charge in [-0.2, -0.15) is 5.10 Å². The molecule has 1 aromatic heterocycles. The fourth-order valence-electron chi connectivity index (χ4n) is 2.52. The minimum absolute atomic E-state index is 0.166. The van der Waals surface area contributed by atoms with E-state index in [0.717, 1.165) is 12.2 Å². The molecule has 1 saturated carbocycles. The minimum atomic E-state index is 0.166. The van der Waals surface area contributed by atoms with Crippen molar-refractivity contribution in [2.45, 2.75) is 44.7 Å². The van der Waals surface area contributed by atoms with E-state index in [1.165, 1.54) is 31.4 Å². The lowest BCUT2D eigenvalue weighted by Crippen LogP contribution is -2.44. The van der Waals surface area contributed by atoms with Gasteiger partial charge in [-0.1, -0.05) is 12.8 Å². The highest BCUT2D eigenvalue weighted by atomic mass is 35.5. The molecule has 0 bridgehead atoms. The van der Waals surface area contributed by atoms with Crippen LogP contribution in [0.2, 0.25) is 0 Å². The first-order valence-electron chi connectivity index (χ1n) is 5.96. The van der Waals surface area contributed by atoms with Crippen molar-refractivity contribution in [1.29, 1.82) is 0 Å². The lowest BCUT2D eigenvalue weighted by molar-refractivity contribution is 0.362. The molecule has 0 amide bonds. The molecule has 1 aromatic rings. The molecule has 1 aliphatic rings. The maximum atomic E-state index is 6.09. The summed E-state index contributed by atoms with van der Waals surface area (Å²) >= 11 is 6.09. The van der Waals surface area contributed by atoms with Crippen LogP contribution in [0, 0.1) is 6.92 Å². The first kappa shape index (κ1) is 11.9. The first-order valence-corrected chi connectivity index (χ1v) is 6.49. The van der Waals surface area contributed by atoms with Crippen LogP contribution in [0.15, 0.2) is 6.07 Å². The van der Waals surface area contributed by atoms with Gasteiger partial charge in [0.25, 0.3) is 0 Å². The third-order valence-electron chi connectivity index (χ3n) is 3.56. The van der Waals surface area contributed by atoms with Crippen LogP contribution in [0.25, 0.3) is 0 Å². The van der Waals surface area contributed by atoms with Gasteiger partial charge in [0.2, 0.25) is 0 Å². The van der Waals surface area contributed by atoms with Gasteiger partial charge in [-0.05, 0) is 25.8 Å². The largest absolute Gasteiger partial charge is 0.304 e. The summed E-state index contributed by atoms with van der Waals surface area (Å²) in [6.07, 6.45) is 4.99. The molecule has 3 nitrogen and oxygen atoms in total. The molecule has 1 N–H and O–H groups in total. The van der Waals surface area contributed by atoms with Crippen LogP contribution < -0.4 is 5.32 Å². The van der Waals surface area contributed by atoms with Gasteiger partial charge < -0.3 is 5.32 Å². The van der Waals surface area contributed by atoms with Gasteiger partial charge in [0, 0.05) is 25.0 Å². The quantitative estimate of drug-likeness (QED) is 0.821. The maximum absolute atomic E-state index is 6.09. The highest BCUT2D eigenvalue weighted by Gasteiger charge is 2.32. The minimum Gasteiger partial charge on any atom is -0.304 e. The predicted molar refractivity (Wildman–Crippen MR) is 66.7 cm³/mol. The van der Waals surface area contributed by atoms with Crippen molar-refractivity contribution in [3.05, 3.63) is 17.5 Å². The summed E-state index contributed by atoms with van der Waals surface area (Å²) in [5.41, 5.74) is 2.47. The average Bonchev–Trinajstić information content (AvgIpc) is 2.84. The Balaban J connectivity index is 1.98. The molecule has 2 rings (SSSR count). The number of nitrogens with zero attached hydrogens (tertiary/aromatic N) is 2. The summed E-state index contributed by atoms with van der Waals surface area (Å²) in [6.45, 7) is 2.89. The smallest absolute Gasteiger partial charge is 0.0597 e. The predicted octanol–water partition coefficient (Wildman–Crippen LogP) is 2.37. The first-order chi connectivity index (χ1) is 7.65. The molecule has 0 spiro atoms. The van der Waals surface area contributed by atoms with Gasteiger partial charge >= 0.3 is 0 Å². The van der Waals surface area contributed by atoms with Crippen LogP contribution in [0.4, 0.5) is 0 Å². The molecule has 4 heteroatoms. The lowest BCUT2D eigenvalue weighted by atomic mass is 10.0. The van der Waals surface area contributed by atoms with Gasteiger partial charge in [0.15, 0.2) is 0 Å². The molecule has 0 atom stereocenters. The Hall–Kier alpha value is -0.540. The molecular weight excluding hydrogens is 222 g/mol. The number of hydrogen-bond donors (Lipinski definition) is 1. The summed E-state index contributed by atoms with van der Waals surface area (Å²) in [7, 11) is 1.99. The number of rotatable bonds is 4. The average molecular weight is 242 g/mol. The van der Waals surface area contributed by atoms with Crippen molar-refractivity contribution in [2.24, 2.45) is 7.05 Å². The molecule has 0 aliphatic heterocycles. The zero-order valence-electron chi connectivity index (χ0n) is 10.1. The summed E-state index contributed by atoms with van der Waals surface area (Å²) in [4.78, 5) is 0. The molecular formula is C12H20ClN3. The molecule has 0 saturated heterocycles. The normalized spacial score (nSPS) is 19.2. The van der Waals surface area contributed by atoms with Crippen LogP contribution in [0.1, 0.15) is 37.1 Å². The standard InChI is InChI=1S/C12H20ClN3/c1-10-7-11(16(2)15-10)8-14-12(9-13)5-3-4-6-12/h7,14H,3-6,8-9H2,1-2H3. The second kappa shape index (κ2) is 4.76. The van der Waals surface area contributed by atoms with E-state index >= 15 is 0 Å². The van der Waals surface area contributed by atoms with E-state index in [0.29, 0.717) is 5.88 Å². The van der Waals surface area contributed by atoms with Crippen LogP contribution in [0.5, 0.6) is 0 Å². The molecule has 0 radical (unpaired) electrons. The summed E-state index contributed by atoms with van der Waals surface area (Å²) in [6, 6.07) is 2.13. The third-order valence-corrected chi connectivity index (χ3v) is 4.07. The second-order valence-corrected chi connectivity index (χ2v) is 5.14. The van der Waals surface area contributed by atoms with E-state index in [1.54, 1.807) is 0 Å². The fraction of sp³-hybridized carbons (Fsp3) is 0.750. The number of nitrogens with one attached hydrogen (secondary N) is 1. The molecule has 16 heavy (non-hydrogen) atoms. The van der Waals surface area contributed by atoms with Gasteiger partial charge in [-0.3, -0.25) is 4.68 Å². The van der Waals surface area contributed by atoms with Gasteiger partial charge in [-0.15, -0.1) is 11.6 Å². The lowest BCUT2D eigenvalue weighted by Gasteiger charge is -2.27. The molecule has 0 unspecified atom stereocenters. The van der Waals surface area contributed by atoms with Crippen LogP contribution in [-0.4, -0.2) is 21.2 Å². The van der Waals surface area contributed by atoms with Gasteiger partial charge in [-0.25, -0.2) is 0 Å². The van der Waals surface area contributed by atoms with E-state index in [9.17, 15) is 0 Å². The number of halogens is 1. The highest BCUT2D eigenvalue weighted by molar-refractivity contribution is 6.18. The van der Waals surface area contributed by atoms with E-state index in [2.05, 4.69) is 16.5 Å². The van der Waals surface area contributed by atoms with Gasteiger partial charge in [0.1, 0.15) is 0 Å². The van der Waals surface area contributed by atoms with E-state index in [-0.39, 0.29) is 5.54 Å². The zero-order chi connectivity index (χ0) is 11.6. The van der Waals surface area contributed by atoms with Crippen molar-refractivity contribution in [1.82, 2.24) is 15.1 Å². The van der Waals surface area contributed by atoms with Crippen LogP contribution in [-0.2, 0) is 13.6 Å². The van der Waals surface area contributed by atoms with Crippen molar-refractivity contribution in [3.8, 4) is 0 Å². The zero-order valence-corrected chi connectivity index (χ0v) is 10.8. The summed E-state index contributed by atoms with van der Waals surface area (Å²) in [5.74, 6) is 0.712. The van der Waals surface area contributed by atoms with E-state index in [4.69, 9.17) is 11.6 Å². The third kappa shape index (κ3) is 2.41. The molecule has 0 aromatic carbocycles. The number of hydrogen-bond acceptors (Lipinski definition) is 2. The van der Waals surface area contributed by atoms with Crippen LogP contribution >= 0.6 is 11.6 Å². The van der Waals surface area contributed by atoms with Crippen molar-refractivity contribution in [2.75, 3.05) is 5.88 Å². The van der Waals surface area contributed by atoms with Crippen molar-refractivity contribution < 1.29 is 0 Å². The Morgan fingerprint density at radius 3 is 2.69 bits per heavy atom. The second-order valence-electron chi connectivity index (χ2n) is 4.88. The molecule has 90 valence electrons. The molecule has 1 fully saturated rings. The SMILES string of the molecule is Cc1cc(CNC2(CCl)CCCC2)n(C)n1. The summed E-state index contributed by atoms with van der Waals surface area (Å²) < 4.78 is 1.94. The Morgan fingerprint density at radius 2 is 2.19 bits per heavy atom. The Morgan fingerprint density at radius 1 is 1.50 bits per heavy atom. The van der Waals surface area contributed by atoms with Crippen molar-refractivity contribution in [3.63, 3.8) is 0 Å². The number of aryl methyl sites for hydroxylation is 2. The topological polar surface area (TPSA) is 29.9 Å². The molecule has 1 aliphatic carbocycles. The van der Waals surface area contributed by atoms with Gasteiger partial charge in [0.05, 0.1) is 11.4 Å². The Labute approximate surface area is 102 Å².